The summed E-state index contributed by atoms with van der Waals surface area (Å²) >= 11 is 0. The Morgan fingerprint density at radius 2 is 1.85 bits per heavy atom. The topological polar surface area (TPSA) is 136 Å². The third-order valence-corrected chi connectivity index (χ3v) is 10.5. The molecule has 6 rings (SSSR count). The molecule has 0 saturated carbocycles. The van der Waals surface area contributed by atoms with Gasteiger partial charge in [0.1, 0.15) is 6.10 Å². The van der Waals surface area contributed by atoms with E-state index in [2.05, 4.69) is 36.8 Å². The molecular formula is C38H57BN8O6. The Morgan fingerprint density at radius 3 is 2.51 bits per heavy atom. The number of rotatable bonds is 15. The first-order chi connectivity index (χ1) is 25.2. The SMILES string of the molecule is CCOc1cc(CN(C[C@H](C)Oc2c(-c3cc4c(/C=C/B5OC(C)(C)C(C)(C)O5)nn(C5CCCCO5)c4cn3)c(C)nn2C)C(C)C)n(CCO)n1. The first kappa shape index (κ1) is 39.0. The maximum atomic E-state index is 9.65. The standard InChI is InChI=1S/C38H57BN8O6/c1-11-49-33-20-28(46(43-33)17-18-48)24-45(25(2)3)23-26(4)51-36-35(27(5)41-44(36)10)31-21-29-30(15-16-39-52-37(6,7)38(8,9)53-39)42-47(32(29)22-40-31)34-14-12-13-19-50-34/h15-16,20-22,25-26,34,48H,11-14,17-19,23-24H2,1-10H3/b16-15+/t26-,34?/m0/s1. The van der Waals surface area contributed by atoms with E-state index in [9.17, 15) is 5.11 Å². The maximum absolute atomic E-state index is 9.65. The number of aliphatic hydroxyl groups is 1. The minimum absolute atomic E-state index is 0.00313. The van der Waals surface area contributed by atoms with Gasteiger partial charge in [0, 0.05) is 44.2 Å². The van der Waals surface area contributed by atoms with Crippen molar-refractivity contribution >= 4 is 24.1 Å². The van der Waals surface area contributed by atoms with Gasteiger partial charge < -0.3 is 28.6 Å². The average Bonchev–Trinajstić information content (AvgIpc) is 3.80. The Labute approximate surface area is 313 Å². The summed E-state index contributed by atoms with van der Waals surface area (Å²) in [4.78, 5) is 7.31. The van der Waals surface area contributed by atoms with Crippen LogP contribution in [0.25, 0.3) is 28.2 Å². The number of hydrogen-bond acceptors (Lipinski definition) is 11. The number of aromatic nitrogens is 7. The molecule has 15 heteroatoms. The van der Waals surface area contributed by atoms with Crippen molar-refractivity contribution in [2.75, 3.05) is 26.4 Å². The minimum atomic E-state index is -0.498. The summed E-state index contributed by atoms with van der Waals surface area (Å²) in [7, 11) is 1.40. The second-order valence-electron chi connectivity index (χ2n) is 15.4. The Kier molecular flexibility index (Phi) is 11.7. The number of aryl methyl sites for hydroxylation is 2. The van der Waals surface area contributed by atoms with E-state index < -0.39 is 18.3 Å². The van der Waals surface area contributed by atoms with Crippen molar-refractivity contribution in [3.8, 4) is 23.0 Å². The first-order valence-corrected chi connectivity index (χ1v) is 19.0. The molecule has 1 N–H and O–H groups in total. The zero-order chi connectivity index (χ0) is 38.1. The molecule has 2 aliphatic heterocycles. The van der Waals surface area contributed by atoms with Gasteiger partial charge in [0.25, 0.3) is 0 Å². The minimum Gasteiger partial charge on any atom is -0.477 e. The van der Waals surface area contributed by atoms with Crippen molar-refractivity contribution in [3.63, 3.8) is 0 Å². The highest BCUT2D eigenvalue weighted by Crippen LogP contribution is 2.38. The lowest BCUT2D eigenvalue weighted by molar-refractivity contribution is -0.0367. The Balaban J connectivity index is 1.29. The van der Waals surface area contributed by atoms with Crippen molar-refractivity contribution < 1.29 is 28.6 Å². The van der Waals surface area contributed by atoms with Crippen LogP contribution in [-0.4, -0.2) is 101 Å². The van der Waals surface area contributed by atoms with Gasteiger partial charge in [-0.1, -0.05) is 5.98 Å². The molecule has 2 aliphatic rings. The molecule has 4 aromatic rings. The molecule has 0 spiro atoms. The highest BCUT2D eigenvalue weighted by Gasteiger charge is 2.50. The Hall–Kier alpha value is -3.76. The normalized spacial score (nSPS) is 19.3. The fourth-order valence-electron chi connectivity index (χ4n) is 6.95. The molecule has 2 fully saturated rings. The van der Waals surface area contributed by atoms with Crippen molar-refractivity contribution in [2.24, 2.45) is 7.05 Å². The number of aliphatic hydroxyl groups excluding tert-OH is 1. The molecule has 4 aromatic heterocycles. The quantitative estimate of drug-likeness (QED) is 0.150. The van der Waals surface area contributed by atoms with Gasteiger partial charge in [0.05, 0.1) is 71.0 Å². The molecule has 2 atom stereocenters. The van der Waals surface area contributed by atoms with E-state index >= 15 is 0 Å². The van der Waals surface area contributed by atoms with Crippen LogP contribution in [0.2, 0.25) is 0 Å². The molecule has 1 unspecified atom stereocenters. The van der Waals surface area contributed by atoms with Crippen LogP contribution in [0.3, 0.4) is 0 Å². The lowest BCUT2D eigenvalue weighted by atomic mass is 9.89. The summed E-state index contributed by atoms with van der Waals surface area (Å²) in [6.45, 7) is 21.4. The highest BCUT2D eigenvalue weighted by molar-refractivity contribution is 6.52. The Morgan fingerprint density at radius 1 is 1.09 bits per heavy atom. The second kappa shape index (κ2) is 15.9. The largest absolute Gasteiger partial charge is 0.487 e. The van der Waals surface area contributed by atoms with E-state index in [1.807, 2.05) is 82.3 Å². The van der Waals surface area contributed by atoms with Crippen LogP contribution >= 0.6 is 0 Å². The van der Waals surface area contributed by atoms with Crippen molar-refractivity contribution in [3.05, 3.63) is 41.4 Å². The van der Waals surface area contributed by atoms with Crippen molar-refractivity contribution in [2.45, 2.75) is 124 Å². The predicted octanol–water partition coefficient (Wildman–Crippen LogP) is 5.75. The predicted molar refractivity (Wildman–Crippen MR) is 205 cm³/mol. The van der Waals surface area contributed by atoms with Gasteiger partial charge in [-0.05, 0) is 93.7 Å². The van der Waals surface area contributed by atoms with Crippen LogP contribution in [0.1, 0.15) is 98.0 Å². The van der Waals surface area contributed by atoms with E-state index in [-0.39, 0.29) is 25.0 Å². The van der Waals surface area contributed by atoms with E-state index in [1.54, 1.807) is 4.68 Å². The zero-order valence-electron chi connectivity index (χ0n) is 33.1. The molecule has 288 valence electrons. The number of ether oxygens (including phenoxy) is 3. The molecule has 2 saturated heterocycles. The summed E-state index contributed by atoms with van der Waals surface area (Å²) in [6, 6.07) is 4.25. The lowest BCUT2D eigenvalue weighted by Crippen LogP contribution is -2.41. The van der Waals surface area contributed by atoms with Gasteiger partial charge in [0.2, 0.25) is 11.8 Å². The van der Waals surface area contributed by atoms with Gasteiger partial charge >= 0.3 is 7.12 Å². The van der Waals surface area contributed by atoms with Crippen LogP contribution in [0.4, 0.5) is 0 Å². The first-order valence-electron chi connectivity index (χ1n) is 19.0. The Bertz CT molecular complexity index is 1880. The fraction of sp³-hybridized carbons (Fsp3) is 0.632. The van der Waals surface area contributed by atoms with Crippen molar-refractivity contribution in [1.82, 2.24) is 39.2 Å². The number of pyridine rings is 1. The molecule has 0 amide bonds. The molecule has 0 aromatic carbocycles. The van der Waals surface area contributed by atoms with Crippen molar-refractivity contribution in [1.29, 1.82) is 0 Å². The number of fused-ring (bicyclic) bond motifs is 1. The smallest absolute Gasteiger partial charge is 0.477 e. The van der Waals surface area contributed by atoms with Gasteiger partial charge in [-0.3, -0.25) is 14.6 Å². The van der Waals surface area contributed by atoms with Crippen LogP contribution < -0.4 is 9.47 Å². The third-order valence-electron chi connectivity index (χ3n) is 10.5. The monoisotopic (exact) mass is 732 g/mol. The van der Waals surface area contributed by atoms with Gasteiger partial charge in [0.15, 0.2) is 6.23 Å². The van der Waals surface area contributed by atoms with Gasteiger partial charge in [-0.2, -0.15) is 10.2 Å². The molecular weight excluding hydrogens is 675 g/mol. The molecule has 53 heavy (non-hydrogen) atoms. The van der Waals surface area contributed by atoms with Crippen LogP contribution in [0.5, 0.6) is 11.8 Å². The van der Waals surface area contributed by atoms with Gasteiger partial charge in [-0.25, -0.2) is 9.36 Å². The summed E-state index contributed by atoms with van der Waals surface area (Å²) in [5.74, 6) is 3.14. The maximum Gasteiger partial charge on any atom is 0.487 e. The van der Waals surface area contributed by atoms with E-state index in [1.165, 1.54) is 0 Å². The van der Waals surface area contributed by atoms with Crippen LogP contribution in [0.15, 0.2) is 24.3 Å². The van der Waals surface area contributed by atoms with Gasteiger partial charge in [-0.15, -0.1) is 5.10 Å². The summed E-state index contributed by atoms with van der Waals surface area (Å²) in [5, 5.41) is 25.0. The number of hydrogen-bond donors (Lipinski definition) is 1. The summed E-state index contributed by atoms with van der Waals surface area (Å²) in [5.41, 5.74) is 4.17. The molecule has 14 nitrogen and oxygen atoms in total. The second-order valence-corrected chi connectivity index (χ2v) is 15.4. The van der Waals surface area contributed by atoms with E-state index in [0.717, 1.165) is 58.5 Å². The van der Waals surface area contributed by atoms with Crippen LogP contribution in [-0.2, 0) is 34.2 Å². The summed E-state index contributed by atoms with van der Waals surface area (Å²) in [6.07, 6.45) is 6.53. The van der Waals surface area contributed by atoms with E-state index in [4.69, 9.17) is 38.7 Å². The number of nitrogens with zero attached hydrogens (tertiary/aromatic N) is 8. The molecule has 6 heterocycles. The zero-order valence-corrected chi connectivity index (χ0v) is 33.1. The highest BCUT2D eigenvalue weighted by atomic mass is 16.7. The molecule has 0 bridgehead atoms. The van der Waals surface area contributed by atoms with E-state index in [0.29, 0.717) is 44.6 Å². The third kappa shape index (κ3) is 8.34. The molecule has 0 aliphatic carbocycles. The summed E-state index contributed by atoms with van der Waals surface area (Å²) < 4.78 is 36.7. The average molecular weight is 733 g/mol. The molecule has 0 radical (unpaired) electrons. The fourth-order valence-corrected chi connectivity index (χ4v) is 6.95. The lowest BCUT2D eigenvalue weighted by Gasteiger charge is -2.32. The van der Waals surface area contributed by atoms with Crippen LogP contribution in [0, 0.1) is 6.92 Å².